The minimum absolute atomic E-state index is 0.215. The maximum absolute atomic E-state index is 5.54. The molecule has 0 bridgehead atoms. The molecule has 1 atom stereocenters. The van der Waals surface area contributed by atoms with Crippen molar-refractivity contribution in [1.82, 2.24) is 0 Å². The predicted molar refractivity (Wildman–Crippen MR) is 53.2 cm³/mol. The molecule has 0 saturated heterocycles. The van der Waals surface area contributed by atoms with Gasteiger partial charge in [-0.05, 0) is 19.8 Å². The van der Waals surface area contributed by atoms with Gasteiger partial charge in [0.2, 0.25) is 0 Å². The van der Waals surface area contributed by atoms with Crippen LogP contribution >= 0.6 is 12.6 Å². The van der Waals surface area contributed by atoms with E-state index >= 15 is 0 Å². The topological polar surface area (TPSA) is 9.23 Å². The maximum atomic E-state index is 5.54. The largest absolute Gasteiger partial charge is 0.365 e. The van der Waals surface area contributed by atoms with Crippen molar-refractivity contribution in [3.63, 3.8) is 0 Å². The lowest BCUT2D eigenvalue weighted by molar-refractivity contribution is 0.0358. The molecule has 1 unspecified atom stereocenters. The monoisotopic (exact) mass is 176 g/mol. The average molecular weight is 176 g/mol. The molecule has 0 aromatic carbocycles. The molecule has 0 fully saturated rings. The standard InChI is InChI=1S/C9H20OS/c1-4-6-7-8-10-9(3,11)5-2/h11H,4-8H2,1-3H3. The van der Waals surface area contributed by atoms with E-state index in [1.165, 1.54) is 12.8 Å². The van der Waals surface area contributed by atoms with Crippen molar-refractivity contribution in [2.75, 3.05) is 6.61 Å². The van der Waals surface area contributed by atoms with Gasteiger partial charge in [0.05, 0.1) is 0 Å². The normalized spacial score (nSPS) is 16.4. The molecule has 0 amide bonds. The van der Waals surface area contributed by atoms with E-state index in [1.807, 2.05) is 6.92 Å². The Hall–Kier alpha value is 0.310. The number of rotatable bonds is 6. The molecule has 0 saturated carbocycles. The van der Waals surface area contributed by atoms with Crippen LogP contribution in [0.15, 0.2) is 0 Å². The summed E-state index contributed by atoms with van der Waals surface area (Å²) in [6.45, 7) is 7.15. The molecule has 0 heterocycles. The Balaban J connectivity index is 3.23. The minimum Gasteiger partial charge on any atom is -0.365 e. The fraction of sp³-hybridized carbons (Fsp3) is 1.00. The fourth-order valence-electron chi connectivity index (χ4n) is 0.746. The highest BCUT2D eigenvalue weighted by Crippen LogP contribution is 2.19. The maximum Gasteiger partial charge on any atom is 0.107 e. The summed E-state index contributed by atoms with van der Waals surface area (Å²) in [5.74, 6) is 0. The zero-order valence-corrected chi connectivity index (χ0v) is 8.79. The van der Waals surface area contributed by atoms with Gasteiger partial charge in [0.15, 0.2) is 0 Å². The molecule has 0 rings (SSSR count). The van der Waals surface area contributed by atoms with Gasteiger partial charge < -0.3 is 4.74 Å². The number of thiol groups is 1. The van der Waals surface area contributed by atoms with Gasteiger partial charge in [-0.2, -0.15) is 0 Å². The van der Waals surface area contributed by atoms with Crippen LogP contribution in [-0.4, -0.2) is 11.5 Å². The molecule has 0 aromatic rings. The van der Waals surface area contributed by atoms with Crippen LogP contribution in [0.3, 0.4) is 0 Å². The molecule has 2 heteroatoms. The highest BCUT2D eigenvalue weighted by Gasteiger charge is 2.15. The van der Waals surface area contributed by atoms with Crippen LogP contribution in [-0.2, 0) is 4.74 Å². The third-order valence-corrected chi connectivity index (χ3v) is 2.26. The van der Waals surface area contributed by atoms with E-state index in [2.05, 4.69) is 26.5 Å². The second-order valence-corrected chi connectivity index (χ2v) is 4.03. The first kappa shape index (κ1) is 11.3. The van der Waals surface area contributed by atoms with E-state index in [4.69, 9.17) is 4.74 Å². The smallest absolute Gasteiger partial charge is 0.107 e. The number of unbranched alkanes of at least 4 members (excludes halogenated alkanes) is 2. The quantitative estimate of drug-likeness (QED) is 0.371. The van der Waals surface area contributed by atoms with E-state index in [0.29, 0.717) is 0 Å². The Morgan fingerprint density at radius 2 is 1.91 bits per heavy atom. The lowest BCUT2D eigenvalue weighted by atomic mass is 10.2. The summed E-state index contributed by atoms with van der Waals surface area (Å²) in [5, 5.41) is 0. The van der Waals surface area contributed by atoms with Crippen LogP contribution in [0.2, 0.25) is 0 Å². The minimum atomic E-state index is -0.215. The van der Waals surface area contributed by atoms with Crippen LogP contribution in [0.25, 0.3) is 0 Å². The first-order chi connectivity index (χ1) is 5.12. The van der Waals surface area contributed by atoms with Gasteiger partial charge in [-0.1, -0.05) is 26.7 Å². The van der Waals surface area contributed by atoms with E-state index in [0.717, 1.165) is 19.4 Å². The first-order valence-electron chi connectivity index (χ1n) is 4.48. The zero-order chi connectivity index (χ0) is 8.74. The molecule has 0 aliphatic rings. The molecule has 0 aliphatic carbocycles. The van der Waals surface area contributed by atoms with Gasteiger partial charge in [0.25, 0.3) is 0 Å². The highest BCUT2D eigenvalue weighted by molar-refractivity contribution is 7.81. The molecule has 0 N–H and O–H groups in total. The van der Waals surface area contributed by atoms with Crippen molar-refractivity contribution in [2.24, 2.45) is 0 Å². The Morgan fingerprint density at radius 1 is 1.27 bits per heavy atom. The van der Waals surface area contributed by atoms with Crippen molar-refractivity contribution >= 4 is 12.6 Å². The van der Waals surface area contributed by atoms with Crippen molar-refractivity contribution in [3.8, 4) is 0 Å². The van der Waals surface area contributed by atoms with Crippen LogP contribution < -0.4 is 0 Å². The third kappa shape index (κ3) is 6.70. The molecule has 68 valence electrons. The molecule has 0 spiro atoms. The molecule has 1 nitrogen and oxygen atoms in total. The highest BCUT2D eigenvalue weighted by atomic mass is 32.1. The molecular weight excluding hydrogens is 156 g/mol. The lowest BCUT2D eigenvalue weighted by Gasteiger charge is -2.22. The number of ether oxygens (including phenoxy) is 1. The van der Waals surface area contributed by atoms with E-state index in [9.17, 15) is 0 Å². The summed E-state index contributed by atoms with van der Waals surface area (Å²) in [7, 11) is 0. The Bertz CT molecular complexity index is 91.6. The molecule has 11 heavy (non-hydrogen) atoms. The summed E-state index contributed by atoms with van der Waals surface area (Å²) >= 11 is 4.37. The van der Waals surface area contributed by atoms with E-state index in [-0.39, 0.29) is 4.93 Å². The second kappa shape index (κ2) is 5.90. The van der Waals surface area contributed by atoms with Crippen LogP contribution in [0, 0.1) is 0 Å². The van der Waals surface area contributed by atoms with Gasteiger partial charge in [-0.25, -0.2) is 0 Å². The molecular formula is C9H20OS. The van der Waals surface area contributed by atoms with Crippen molar-refractivity contribution < 1.29 is 4.74 Å². The Labute approximate surface area is 75.9 Å². The second-order valence-electron chi connectivity index (χ2n) is 3.08. The summed E-state index contributed by atoms with van der Waals surface area (Å²) in [6, 6.07) is 0. The van der Waals surface area contributed by atoms with Crippen molar-refractivity contribution in [3.05, 3.63) is 0 Å². The molecule has 0 aliphatic heterocycles. The molecule has 0 radical (unpaired) electrons. The van der Waals surface area contributed by atoms with Crippen LogP contribution in [0.5, 0.6) is 0 Å². The van der Waals surface area contributed by atoms with E-state index < -0.39 is 0 Å². The van der Waals surface area contributed by atoms with Crippen LogP contribution in [0.1, 0.15) is 46.5 Å². The third-order valence-electron chi connectivity index (χ3n) is 1.82. The zero-order valence-electron chi connectivity index (χ0n) is 7.89. The predicted octanol–water partition coefficient (Wildman–Crippen LogP) is 3.25. The molecule has 0 aromatic heterocycles. The Morgan fingerprint density at radius 3 is 2.36 bits per heavy atom. The summed E-state index contributed by atoms with van der Waals surface area (Å²) < 4.78 is 5.54. The summed E-state index contributed by atoms with van der Waals surface area (Å²) in [4.78, 5) is -0.215. The SMILES string of the molecule is CCCCCOC(C)(S)CC. The van der Waals surface area contributed by atoms with Gasteiger partial charge in [-0.3, -0.25) is 0 Å². The van der Waals surface area contributed by atoms with Crippen LogP contribution in [0.4, 0.5) is 0 Å². The van der Waals surface area contributed by atoms with Gasteiger partial charge in [-0.15, -0.1) is 12.6 Å². The lowest BCUT2D eigenvalue weighted by Crippen LogP contribution is -2.20. The van der Waals surface area contributed by atoms with Gasteiger partial charge >= 0.3 is 0 Å². The number of hydrogen-bond acceptors (Lipinski definition) is 2. The van der Waals surface area contributed by atoms with Crippen molar-refractivity contribution in [2.45, 2.75) is 51.4 Å². The van der Waals surface area contributed by atoms with Crippen molar-refractivity contribution in [1.29, 1.82) is 0 Å². The average Bonchev–Trinajstić information content (AvgIpc) is 1.99. The summed E-state index contributed by atoms with van der Waals surface area (Å²) in [6.07, 6.45) is 4.63. The fourth-order valence-corrected chi connectivity index (χ4v) is 0.837. The van der Waals surface area contributed by atoms with Gasteiger partial charge in [0, 0.05) is 6.61 Å². The number of hydrogen-bond donors (Lipinski definition) is 1. The summed E-state index contributed by atoms with van der Waals surface area (Å²) in [5.41, 5.74) is 0. The van der Waals surface area contributed by atoms with Gasteiger partial charge in [0.1, 0.15) is 4.93 Å². The van der Waals surface area contributed by atoms with E-state index in [1.54, 1.807) is 0 Å². The Kier molecular flexibility index (Phi) is 6.06. The first-order valence-corrected chi connectivity index (χ1v) is 4.93.